The Labute approximate surface area is 139 Å². The number of carbonyl (C=O) groups is 1. The highest BCUT2D eigenvalue weighted by atomic mass is 79.9. The number of hydrogen-bond donors (Lipinski definition) is 1. The zero-order valence-corrected chi connectivity index (χ0v) is 14.9. The van der Waals surface area contributed by atoms with Crippen LogP contribution >= 0.6 is 15.9 Å². The van der Waals surface area contributed by atoms with Gasteiger partial charge in [-0.1, -0.05) is 20.8 Å². The van der Waals surface area contributed by atoms with Crippen LogP contribution in [0.3, 0.4) is 0 Å². The van der Waals surface area contributed by atoms with Crippen molar-refractivity contribution in [1.29, 1.82) is 0 Å². The molecule has 3 unspecified atom stereocenters. The van der Waals surface area contributed by atoms with Gasteiger partial charge in [-0.15, -0.1) is 0 Å². The fraction of sp³-hybridized carbons (Fsp3) is 0.647. The average Bonchev–Trinajstić information content (AvgIpc) is 2.76. The minimum absolute atomic E-state index is 0.0743. The van der Waals surface area contributed by atoms with E-state index in [1.807, 2.05) is 0 Å². The van der Waals surface area contributed by atoms with Gasteiger partial charge in [0.15, 0.2) is 0 Å². The quantitative estimate of drug-likeness (QED) is 0.893. The molecule has 22 heavy (non-hydrogen) atoms. The smallest absolute Gasteiger partial charge is 0.251 e. The molecular weight excluding hydrogens is 344 g/mol. The van der Waals surface area contributed by atoms with Crippen LogP contribution in [0.25, 0.3) is 0 Å². The van der Waals surface area contributed by atoms with E-state index in [2.05, 4.69) is 42.0 Å². The number of halogens is 1. The van der Waals surface area contributed by atoms with E-state index < -0.39 is 0 Å². The maximum atomic E-state index is 12.4. The third kappa shape index (κ3) is 2.34. The van der Waals surface area contributed by atoms with Crippen molar-refractivity contribution in [2.75, 3.05) is 0 Å². The van der Waals surface area contributed by atoms with Crippen LogP contribution in [-0.2, 0) is 11.3 Å². The molecule has 0 radical (unpaired) electrons. The van der Waals surface area contributed by atoms with Gasteiger partial charge in [-0.2, -0.15) is 0 Å². The van der Waals surface area contributed by atoms with Gasteiger partial charge in [0.1, 0.15) is 6.54 Å². The van der Waals surface area contributed by atoms with Crippen LogP contribution in [0.2, 0.25) is 0 Å². The molecule has 0 spiro atoms. The van der Waals surface area contributed by atoms with Crippen molar-refractivity contribution in [2.45, 2.75) is 52.6 Å². The molecule has 1 heterocycles. The molecule has 2 saturated carbocycles. The molecule has 3 atom stereocenters. The maximum absolute atomic E-state index is 12.4. The molecule has 1 N–H and O–H groups in total. The highest BCUT2D eigenvalue weighted by Crippen LogP contribution is 2.65. The summed E-state index contributed by atoms with van der Waals surface area (Å²) in [6.07, 6.45) is 5.16. The fourth-order valence-corrected chi connectivity index (χ4v) is 4.82. The summed E-state index contributed by atoms with van der Waals surface area (Å²) in [5.74, 6) is 0.617. The molecule has 1 aromatic rings. The second kappa shape index (κ2) is 5.22. The third-order valence-electron chi connectivity index (χ3n) is 6.39. The number of fused-ring (bicyclic) bond motifs is 2. The number of rotatable bonds is 3. The first-order chi connectivity index (χ1) is 10.2. The first-order valence-corrected chi connectivity index (χ1v) is 8.69. The molecule has 5 heteroatoms. The lowest BCUT2D eigenvalue weighted by atomic mass is 9.69. The minimum atomic E-state index is -0.155. The summed E-state index contributed by atoms with van der Waals surface area (Å²) in [5.41, 5.74) is 0.283. The van der Waals surface area contributed by atoms with E-state index >= 15 is 0 Å². The van der Waals surface area contributed by atoms with Crippen LogP contribution in [-0.4, -0.2) is 16.5 Å². The number of nitrogens with zero attached hydrogens (tertiary/aromatic N) is 1. The number of amides is 1. The van der Waals surface area contributed by atoms with Crippen molar-refractivity contribution in [3.63, 3.8) is 0 Å². The summed E-state index contributed by atoms with van der Waals surface area (Å²) in [6, 6.07) is 3.38. The van der Waals surface area contributed by atoms with Crippen molar-refractivity contribution < 1.29 is 4.79 Å². The standard InChI is InChI=1S/C17H23BrN2O2/c1-16(2)11-6-7-17(16,3)13(8-11)19-14(21)10-20-9-12(18)4-5-15(20)22/h4-5,9,11,13H,6-8,10H2,1-3H3,(H,19,21). The van der Waals surface area contributed by atoms with Gasteiger partial charge >= 0.3 is 0 Å². The number of carbonyl (C=O) groups excluding carboxylic acids is 1. The van der Waals surface area contributed by atoms with Crippen LogP contribution in [0, 0.1) is 16.7 Å². The van der Waals surface area contributed by atoms with E-state index in [-0.39, 0.29) is 34.9 Å². The first-order valence-electron chi connectivity index (χ1n) is 7.89. The van der Waals surface area contributed by atoms with Gasteiger partial charge in [0.05, 0.1) is 0 Å². The predicted molar refractivity (Wildman–Crippen MR) is 89.6 cm³/mol. The third-order valence-corrected chi connectivity index (χ3v) is 6.86. The van der Waals surface area contributed by atoms with Gasteiger partial charge < -0.3 is 9.88 Å². The van der Waals surface area contributed by atoms with E-state index in [4.69, 9.17) is 0 Å². The number of hydrogen-bond acceptors (Lipinski definition) is 2. The van der Waals surface area contributed by atoms with E-state index in [9.17, 15) is 9.59 Å². The second-order valence-electron chi connectivity index (χ2n) is 7.54. The van der Waals surface area contributed by atoms with E-state index in [1.54, 1.807) is 12.3 Å². The highest BCUT2D eigenvalue weighted by molar-refractivity contribution is 9.10. The monoisotopic (exact) mass is 366 g/mol. The van der Waals surface area contributed by atoms with E-state index in [0.717, 1.165) is 10.9 Å². The Kier molecular flexibility index (Phi) is 3.75. The SMILES string of the molecule is CC1(C)C2CCC1(C)C(NC(=O)Cn1cc(Br)ccc1=O)C2. The van der Waals surface area contributed by atoms with Crippen molar-refractivity contribution in [3.05, 3.63) is 33.2 Å². The molecule has 0 aromatic carbocycles. The lowest BCUT2D eigenvalue weighted by Gasteiger charge is -2.39. The lowest BCUT2D eigenvalue weighted by molar-refractivity contribution is -0.123. The largest absolute Gasteiger partial charge is 0.351 e. The van der Waals surface area contributed by atoms with Crippen LogP contribution in [0.5, 0.6) is 0 Å². The van der Waals surface area contributed by atoms with Gasteiger partial charge in [0, 0.05) is 22.8 Å². The van der Waals surface area contributed by atoms with E-state index in [0.29, 0.717) is 5.92 Å². The summed E-state index contributed by atoms with van der Waals surface area (Å²) < 4.78 is 2.24. The van der Waals surface area contributed by atoms with Crippen LogP contribution in [0.15, 0.2) is 27.6 Å². The number of nitrogens with one attached hydrogen (secondary N) is 1. The first kappa shape index (κ1) is 15.8. The van der Waals surface area contributed by atoms with Gasteiger partial charge in [0.2, 0.25) is 5.91 Å². The zero-order chi connectivity index (χ0) is 16.1. The number of aromatic nitrogens is 1. The summed E-state index contributed by atoms with van der Waals surface area (Å²) in [6.45, 7) is 7.04. The van der Waals surface area contributed by atoms with Crippen molar-refractivity contribution in [1.82, 2.24) is 9.88 Å². The molecule has 1 aromatic heterocycles. The lowest BCUT2D eigenvalue weighted by Crippen LogP contribution is -2.48. The normalized spacial score (nSPS) is 32.2. The van der Waals surface area contributed by atoms with Crippen LogP contribution in [0.4, 0.5) is 0 Å². The van der Waals surface area contributed by atoms with Gasteiger partial charge in [-0.3, -0.25) is 9.59 Å². The summed E-state index contributed by atoms with van der Waals surface area (Å²) >= 11 is 3.33. The predicted octanol–water partition coefficient (Wildman–Crippen LogP) is 2.94. The summed E-state index contributed by atoms with van der Waals surface area (Å²) in [4.78, 5) is 24.2. The molecule has 120 valence electrons. The Morgan fingerprint density at radius 2 is 2.14 bits per heavy atom. The molecule has 2 fully saturated rings. The molecule has 0 saturated heterocycles. The van der Waals surface area contributed by atoms with Gasteiger partial charge in [-0.05, 0) is 58.0 Å². The summed E-state index contributed by atoms with van der Waals surface area (Å²) in [5, 5.41) is 3.19. The second-order valence-corrected chi connectivity index (χ2v) is 8.46. The zero-order valence-electron chi connectivity index (χ0n) is 13.4. The Balaban J connectivity index is 1.71. The van der Waals surface area contributed by atoms with Gasteiger partial charge in [0.25, 0.3) is 5.56 Å². The molecule has 3 rings (SSSR count). The number of pyridine rings is 1. The molecule has 2 bridgehead atoms. The molecular formula is C17H23BrN2O2. The Hall–Kier alpha value is -1.10. The van der Waals surface area contributed by atoms with E-state index in [1.165, 1.54) is 23.5 Å². The topological polar surface area (TPSA) is 51.1 Å². The Bertz CT molecular complexity index is 667. The minimum Gasteiger partial charge on any atom is -0.351 e. The molecule has 0 aliphatic heterocycles. The van der Waals surface area contributed by atoms with Crippen molar-refractivity contribution >= 4 is 21.8 Å². The van der Waals surface area contributed by atoms with Gasteiger partial charge in [-0.25, -0.2) is 0 Å². The molecule has 4 nitrogen and oxygen atoms in total. The average molecular weight is 367 g/mol. The molecule has 2 aliphatic carbocycles. The summed E-state index contributed by atoms with van der Waals surface area (Å²) in [7, 11) is 0. The van der Waals surface area contributed by atoms with Crippen molar-refractivity contribution in [2.24, 2.45) is 16.7 Å². The van der Waals surface area contributed by atoms with Crippen LogP contribution < -0.4 is 10.9 Å². The highest BCUT2D eigenvalue weighted by Gasteiger charge is 2.61. The molecule has 1 amide bonds. The Morgan fingerprint density at radius 3 is 2.73 bits per heavy atom. The molecule has 2 aliphatic rings. The maximum Gasteiger partial charge on any atom is 0.251 e. The van der Waals surface area contributed by atoms with Crippen molar-refractivity contribution in [3.8, 4) is 0 Å². The van der Waals surface area contributed by atoms with Crippen LogP contribution in [0.1, 0.15) is 40.0 Å². The Morgan fingerprint density at radius 1 is 1.41 bits per heavy atom. The fourth-order valence-electron chi connectivity index (χ4n) is 4.44.